The van der Waals surface area contributed by atoms with E-state index >= 15 is 0 Å². The normalized spacial score (nSPS) is 12.9. The third-order valence-electron chi connectivity index (χ3n) is 2.54. The van der Waals surface area contributed by atoms with Crippen LogP contribution in [0.15, 0.2) is 30.3 Å². The van der Waals surface area contributed by atoms with Gasteiger partial charge in [-0.05, 0) is 12.0 Å². The van der Waals surface area contributed by atoms with Crippen LogP contribution in [0.4, 0.5) is 0 Å². The lowest BCUT2D eigenvalue weighted by atomic mass is 10.1. The Morgan fingerprint density at radius 2 is 2.00 bits per heavy atom. The van der Waals surface area contributed by atoms with E-state index in [-0.39, 0.29) is 12.6 Å². The van der Waals surface area contributed by atoms with Gasteiger partial charge in [-0.2, -0.15) is 0 Å². The highest BCUT2D eigenvalue weighted by Crippen LogP contribution is 2.12. The summed E-state index contributed by atoms with van der Waals surface area (Å²) in [6.45, 7) is 0.176. The molecule has 106 valence electrons. The molecule has 0 amide bonds. The predicted octanol–water partition coefficient (Wildman–Crippen LogP) is 0.169. The molecule has 1 unspecified atom stereocenters. The number of ether oxygens (including phenoxy) is 1. The predicted molar refractivity (Wildman–Crippen MR) is 71.8 cm³/mol. The second-order valence-corrected chi connectivity index (χ2v) is 5.84. The Morgan fingerprint density at radius 3 is 2.58 bits per heavy atom. The van der Waals surface area contributed by atoms with Crippen LogP contribution >= 0.6 is 0 Å². The molecule has 0 bridgehead atoms. The minimum absolute atomic E-state index is 0.176. The number of benzene rings is 1. The number of carbonyl (C=O) groups is 1. The summed E-state index contributed by atoms with van der Waals surface area (Å²) in [5.41, 5.74) is 6.86. The molecule has 1 rings (SSSR count). The van der Waals surface area contributed by atoms with Gasteiger partial charge in [-0.1, -0.05) is 30.3 Å². The number of carbonyl (C=O) groups excluding carboxylic acids is 1. The maximum absolute atomic E-state index is 11.5. The summed E-state index contributed by atoms with van der Waals surface area (Å²) >= 11 is 0. The molecule has 0 aromatic heterocycles. The van der Waals surface area contributed by atoms with Gasteiger partial charge in [0.15, 0.2) is 5.75 Å². The van der Waals surface area contributed by atoms with Crippen molar-refractivity contribution < 1.29 is 17.9 Å². The van der Waals surface area contributed by atoms with Gasteiger partial charge in [-0.15, -0.1) is 0 Å². The van der Waals surface area contributed by atoms with E-state index in [4.69, 9.17) is 5.73 Å². The summed E-state index contributed by atoms with van der Waals surface area (Å²) in [6.07, 6.45) is 0.449. The van der Waals surface area contributed by atoms with Gasteiger partial charge in [0.25, 0.3) is 0 Å². The van der Waals surface area contributed by atoms with E-state index in [1.165, 1.54) is 0 Å². The highest BCUT2D eigenvalue weighted by atomic mass is 32.2. The second-order valence-electron chi connectivity index (χ2n) is 4.04. The summed E-state index contributed by atoms with van der Waals surface area (Å²) in [5, 5.41) is 0. The molecule has 0 heterocycles. The number of hydrogen-bond acceptors (Lipinski definition) is 5. The molecule has 0 saturated carbocycles. The van der Waals surface area contributed by atoms with E-state index in [1.54, 1.807) is 0 Å². The third-order valence-corrected chi connectivity index (χ3v) is 3.80. The lowest BCUT2D eigenvalue weighted by Crippen LogP contribution is -2.32. The zero-order valence-corrected chi connectivity index (χ0v) is 11.5. The molecule has 0 saturated heterocycles. The van der Waals surface area contributed by atoms with Crippen molar-refractivity contribution in [2.24, 2.45) is 5.73 Å². The maximum atomic E-state index is 11.5. The quantitative estimate of drug-likeness (QED) is 0.696. The molecule has 3 N–H and O–H groups in total. The van der Waals surface area contributed by atoms with E-state index < -0.39 is 21.7 Å². The van der Waals surface area contributed by atoms with Crippen molar-refractivity contribution in [1.82, 2.24) is 4.72 Å². The third kappa shape index (κ3) is 5.82. The highest BCUT2D eigenvalue weighted by Gasteiger charge is 2.16. The number of nitrogens with one attached hydrogen (secondary N) is 1. The van der Waals surface area contributed by atoms with Gasteiger partial charge in [-0.25, -0.2) is 13.1 Å². The van der Waals surface area contributed by atoms with E-state index in [2.05, 4.69) is 9.46 Å². The van der Waals surface area contributed by atoms with E-state index in [0.29, 0.717) is 6.42 Å². The first-order valence-electron chi connectivity index (χ1n) is 5.79. The Hall–Kier alpha value is -1.44. The number of methoxy groups -OCH3 is 1. The summed E-state index contributed by atoms with van der Waals surface area (Å²) < 4.78 is 29.5. The second kappa shape index (κ2) is 7.22. The molecule has 1 aromatic rings. The summed E-state index contributed by atoms with van der Waals surface area (Å²) in [4.78, 5) is 10.9. The summed E-state index contributed by atoms with van der Waals surface area (Å²) in [5.74, 6) is -1.47. The first-order valence-corrected chi connectivity index (χ1v) is 7.44. The van der Waals surface area contributed by atoms with Crippen LogP contribution in [-0.4, -0.2) is 33.8 Å². The Kier molecular flexibility index (Phi) is 5.94. The minimum Gasteiger partial charge on any atom is -0.468 e. The fourth-order valence-corrected chi connectivity index (χ4v) is 2.46. The van der Waals surface area contributed by atoms with Gasteiger partial charge in [0, 0.05) is 12.6 Å². The summed E-state index contributed by atoms with van der Waals surface area (Å²) in [6, 6.07) is 9.14. The Labute approximate surface area is 113 Å². The number of nitrogens with two attached hydrogens (primary N) is 1. The molecule has 1 aromatic carbocycles. The Balaban J connectivity index is 2.40. The number of rotatable bonds is 7. The van der Waals surface area contributed by atoms with Gasteiger partial charge in [0.05, 0.1) is 7.11 Å². The number of esters is 1. The number of sulfonamides is 1. The van der Waals surface area contributed by atoms with Gasteiger partial charge < -0.3 is 10.5 Å². The van der Waals surface area contributed by atoms with Crippen LogP contribution in [-0.2, 0) is 19.6 Å². The van der Waals surface area contributed by atoms with Crippen molar-refractivity contribution in [3.63, 3.8) is 0 Å². The molecule has 1 atom stereocenters. The Morgan fingerprint density at radius 1 is 1.37 bits per heavy atom. The van der Waals surface area contributed by atoms with Gasteiger partial charge in [0.1, 0.15) is 0 Å². The molecule has 0 aliphatic carbocycles. The maximum Gasteiger partial charge on any atom is 0.322 e. The molecular formula is C12H18N2O4S. The van der Waals surface area contributed by atoms with Crippen LogP contribution in [0.1, 0.15) is 18.0 Å². The van der Waals surface area contributed by atoms with Crippen LogP contribution < -0.4 is 10.5 Å². The zero-order valence-electron chi connectivity index (χ0n) is 10.7. The number of hydrogen-bond donors (Lipinski definition) is 2. The smallest absolute Gasteiger partial charge is 0.322 e. The lowest BCUT2D eigenvalue weighted by molar-refractivity contribution is -0.137. The van der Waals surface area contributed by atoms with Gasteiger partial charge >= 0.3 is 5.97 Å². The van der Waals surface area contributed by atoms with Gasteiger partial charge in [-0.3, -0.25) is 4.79 Å². The van der Waals surface area contributed by atoms with Crippen LogP contribution in [0.3, 0.4) is 0 Å². The monoisotopic (exact) mass is 286 g/mol. The average molecular weight is 286 g/mol. The van der Waals surface area contributed by atoms with Crippen molar-refractivity contribution >= 4 is 16.0 Å². The van der Waals surface area contributed by atoms with E-state index in [9.17, 15) is 13.2 Å². The van der Waals surface area contributed by atoms with Crippen molar-refractivity contribution in [3.05, 3.63) is 35.9 Å². The first-order chi connectivity index (χ1) is 8.94. The molecule has 0 radical (unpaired) electrons. The van der Waals surface area contributed by atoms with Crippen LogP contribution in [0, 0.1) is 0 Å². The molecule has 0 aliphatic rings. The van der Waals surface area contributed by atoms with Crippen molar-refractivity contribution in [1.29, 1.82) is 0 Å². The molecule has 0 aliphatic heterocycles. The van der Waals surface area contributed by atoms with Crippen LogP contribution in [0.25, 0.3) is 0 Å². The molecule has 19 heavy (non-hydrogen) atoms. The molecule has 0 fully saturated rings. The largest absolute Gasteiger partial charge is 0.468 e. The van der Waals surface area contributed by atoms with Crippen molar-refractivity contribution in [2.45, 2.75) is 12.5 Å². The van der Waals surface area contributed by atoms with Crippen molar-refractivity contribution in [2.75, 3.05) is 19.4 Å². The average Bonchev–Trinajstić information content (AvgIpc) is 2.38. The lowest BCUT2D eigenvalue weighted by Gasteiger charge is -2.12. The Bertz CT molecular complexity index is 502. The first kappa shape index (κ1) is 15.6. The molecular weight excluding hydrogens is 268 g/mol. The fourth-order valence-electron chi connectivity index (χ4n) is 1.50. The minimum atomic E-state index is -3.65. The zero-order chi connectivity index (χ0) is 14.3. The summed E-state index contributed by atoms with van der Waals surface area (Å²) in [7, 11) is -2.51. The van der Waals surface area contributed by atoms with Gasteiger partial charge in [0.2, 0.25) is 10.0 Å². The van der Waals surface area contributed by atoms with E-state index in [0.717, 1.165) is 12.7 Å². The SMILES string of the molecule is COC(=O)CS(=O)(=O)NCCC(N)c1ccccc1. The molecule has 0 spiro atoms. The van der Waals surface area contributed by atoms with E-state index in [1.807, 2.05) is 30.3 Å². The topological polar surface area (TPSA) is 98.5 Å². The van der Waals surface area contributed by atoms with Crippen LogP contribution in [0.2, 0.25) is 0 Å². The highest BCUT2D eigenvalue weighted by molar-refractivity contribution is 7.90. The molecule has 7 heteroatoms. The van der Waals surface area contributed by atoms with Crippen molar-refractivity contribution in [3.8, 4) is 0 Å². The standard InChI is InChI=1S/C12H18N2O4S/c1-18-12(15)9-19(16,17)14-8-7-11(13)10-5-3-2-4-6-10/h2-6,11,14H,7-9,13H2,1H3. The van der Waals surface area contributed by atoms with Crippen LogP contribution in [0.5, 0.6) is 0 Å². The fraction of sp³-hybridized carbons (Fsp3) is 0.417. The molecule has 6 nitrogen and oxygen atoms in total.